The lowest BCUT2D eigenvalue weighted by Gasteiger charge is -2.24. The molecular weight excluding hydrogens is 270 g/mol. The second kappa shape index (κ2) is 6.58. The highest BCUT2D eigenvalue weighted by molar-refractivity contribution is 6.34. The summed E-state index contributed by atoms with van der Waals surface area (Å²) in [5.41, 5.74) is 2.85. The summed E-state index contributed by atoms with van der Waals surface area (Å²) < 4.78 is 0. The molecule has 0 bridgehead atoms. The van der Waals surface area contributed by atoms with E-state index in [9.17, 15) is 4.79 Å². The number of halogens is 1. The summed E-state index contributed by atoms with van der Waals surface area (Å²) >= 11 is 6.08. The first-order valence-corrected chi connectivity index (χ1v) is 7.09. The number of anilines is 1. The Balaban J connectivity index is 2.21. The van der Waals surface area contributed by atoms with Gasteiger partial charge in [-0.15, -0.1) is 0 Å². The van der Waals surface area contributed by atoms with Crippen molar-refractivity contribution in [1.82, 2.24) is 0 Å². The van der Waals surface area contributed by atoms with E-state index in [1.165, 1.54) is 5.56 Å². The maximum atomic E-state index is 12.4. The zero-order chi connectivity index (χ0) is 14.5. The minimum Gasteiger partial charge on any atom is -0.364 e. The molecule has 2 nitrogen and oxygen atoms in total. The van der Waals surface area contributed by atoms with E-state index >= 15 is 0 Å². The van der Waals surface area contributed by atoms with Crippen molar-refractivity contribution in [3.8, 4) is 0 Å². The monoisotopic (exact) mass is 287 g/mol. The molecule has 2 rings (SSSR count). The number of hydrogen-bond acceptors (Lipinski definition) is 2. The molecule has 0 fully saturated rings. The van der Waals surface area contributed by atoms with Crippen molar-refractivity contribution in [2.45, 2.75) is 13.8 Å². The minimum absolute atomic E-state index is 0.0423. The third-order valence-corrected chi connectivity index (χ3v) is 3.68. The van der Waals surface area contributed by atoms with Crippen molar-refractivity contribution in [2.24, 2.45) is 0 Å². The number of carbonyl (C=O) groups is 1. The average Bonchev–Trinajstić information content (AvgIpc) is 2.46. The van der Waals surface area contributed by atoms with Crippen LogP contribution < -0.4 is 4.90 Å². The number of Topliss-reactive ketones (excluding diaryl/α,β-unsaturated/α-hetero) is 1. The van der Waals surface area contributed by atoms with E-state index in [0.29, 0.717) is 17.1 Å². The molecule has 3 heteroatoms. The van der Waals surface area contributed by atoms with Crippen LogP contribution in [0.1, 0.15) is 22.8 Å². The summed E-state index contributed by atoms with van der Waals surface area (Å²) in [7, 11) is 0. The van der Waals surface area contributed by atoms with Crippen LogP contribution in [0.25, 0.3) is 0 Å². The number of likely N-dealkylation sites (N-methyl/N-ethyl adjacent to an activating group) is 1. The van der Waals surface area contributed by atoms with Crippen LogP contribution in [0.2, 0.25) is 5.02 Å². The van der Waals surface area contributed by atoms with E-state index in [0.717, 1.165) is 12.2 Å². The fourth-order valence-corrected chi connectivity index (χ4v) is 2.47. The molecular formula is C17H18ClNO. The van der Waals surface area contributed by atoms with Crippen molar-refractivity contribution in [3.63, 3.8) is 0 Å². The van der Waals surface area contributed by atoms with Gasteiger partial charge in [-0.2, -0.15) is 0 Å². The molecule has 20 heavy (non-hydrogen) atoms. The van der Waals surface area contributed by atoms with E-state index < -0.39 is 0 Å². The molecule has 0 saturated carbocycles. The van der Waals surface area contributed by atoms with Crippen molar-refractivity contribution >= 4 is 23.1 Å². The van der Waals surface area contributed by atoms with Gasteiger partial charge in [0.1, 0.15) is 0 Å². The number of para-hydroxylation sites is 1. The van der Waals surface area contributed by atoms with Gasteiger partial charge in [0.25, 0.3) is 0 Å². The van der Waals surface area contributed by atoms with Crippen LogP contribution in [0.3, 0.4) is 0 Å². The molecule has 0 spiro atoms. The Kier molecular flexibility index (Phi) is 4.80. The number of nitrogens with zero attached hydrogens (tertiary/aromatic N) is 1. The maximum absolute atomic E-state index is 12.4. The van der Waals surface area contributed by atoms with E-state index in [-0.39, 0.29) is 5.78 Å². The smallest absolute Gasteiger partial charge is 0.183 e. The maximum Gasteiger partial charge on any atom is 0.183 e. The molecule has 0 unspecified atom stereocenters. The standard InChI is InChI=1S/C17H18ClNO/c1-3-19(16-11-7-4-8-13(16)2)12-17(20)14-9-5-6-10-15(14)18/h4-11H,3,12H2,1-2H3. The number of aryl methyl sites for hydroxylation is 1. The second-order valence-electron chi connectivity index (χ2n) is 4.70. The van der Waals surface area contributed by atoms with Crippen molar-refractivity contribution in [3.05, 3.63) is 64.7 Å². The number of hydrogen-bond donors (Lipinski definition) is 0. The topological polar surface area (TPSA) is 20.3 Å². The minimum atomic E-state index is 0.0423. The van der Waals surface area contributed by atoms with Gasteiger partial charge in [0.2, 0.25) is 0 Å². The lowest BCUT2D eigenvalue weighted by atomic mass is 10.1. The Hall–Kier alpha value is -1.80. The van der Waals surface area contributed by atoms with E-state index in [1.54, 1.807) is 12.1 Å². The predicted molar refractivity (Wildman–Crippen MR) is 84.8 cm³/mol. The van der Waals surface area contributed by atoms with Crippen molar-refractivity contribution in [2.75, 3.05) is 18.0 Å². The van der Waals surface area contributed by atoms with E-state index in [4.69, 9.17) is 11.6 Å². The first-order chi connectivity index (χ1) is 9.63. The van der Waals surface area contributed by atoms with Gasteiger partial charge in [0.15, 0.2) is 5.78 Å². The quantitative estimate of drug-likeness (QED) is 0.762. The normalized spacial score (nSPS) is 10.3. The van der Waals surface area contributed by atoms with Gasteiger partial charge < -0.3 is 4.90 Å². The lowest BCUT2D eigenvalue weighted by molar-refractivity contribution is 0.0999. The van der Waals surface area contributed by atoms with Crippen LogP contribution in [0, 0.1) is 6.92 Å². The largest absolute Gasteiger partial charge is 0.364 e. The summed E-state index contributed by atoms with van der Waals surface area (Å²) in [6.07, 6.45) is 0. The molecule has 2 aromatic rings. The van der Waals surface area contributed by atoms with Gasteiger partial charge in [-0.3, -0.25) is 4.79 Å². The predicted octanol–water partition coefficient (Wildman–Crippen LogP) is 4.36. The van der Waals surface area contributed by atoms with Gasteiger partial charge in [0, 0.05) is 17.8 Å². The Labute approximate surface area is 125 Å². The zero-order valence-electron chi connectivity index (χ0n) is 11.8. The van der Waals surface area contributed by atoms with Crippen LogP contribution in [0.4, 0.5) is 5.69 Å². The Bertz CT molecular complexity index is 609. The fourth-order valence-electron chi connectivity index (χ4n) is 2.23. The third kappa shape index (κ3) is 3.20. The van der Waals surface area contributed by atoms with Crippen LogP contribution in [0.5, 0.6) is 0 Å². The van der Waals surface area contributed by atoms with Crippen LogP contribution >= 0.6 is 11.6 Å². The second-order valence-corrected chi connectivity index (χ2v) is 5.11. The molecule has 0 amide bonds. The Morgan fingerprint density at radius 3 is 2.40 bits per heavy atom. The number of ketones is 1. The molecule has 0 aliphatic rings. The molecule has 0 N–H and O–H groups in total. The van der Waals surface area contributed by atoms with Gasteiger partial charge >= 0.3 is 0 Å². The van der Waals surface area contributed by atoms with E-state index in [2.05, 4.69) is 17.9 Å². The lowest BCUT2D eigenvalue weighted by Crippen LogP contribution is -2.30. The molecule has 0 aromatic heterocycles. The van der Waals surface area contributed by atoms with Gasteiger partial charge in [-0.1, -0.05) is 41.9 Å². The molecule has 0 aliphatic heterocycles. The van der Waals surface area contributed by atoms with Crippen molar-refractivity contribution in [1.29, 1.82) is 0 Å². The summed E-state index contributed by atoms with van der Waals surface area (Å²) in [5, 5.41) is 0.512. The third-order valence-electron chi connectivity index (χ3n) is 3.35. The van der Waals surface area contributed by atoms with Crippen LogP contribution in [0.15, 0.2) is 48.5 Å². The molecule has 0 aliphatic carbocycles. The average molecular weight is 288 g/mol. The summed E-state index contributed by atoms with van der Waals surface area (Å²) in [6, 6.07) is 15.3. The molecule has 0 atom stereocenters. The van der Waals surface area contributed by atoms with Gasteiger partial charge in [-0.25, -0.2) is 0 Å². The Morgan fingerprint density at radius 2 is 1.75 bits per heavy atom. The first-order valence-electron chi connectivity index (χ1n) is 6.71. The summed E-state index contributed by atoms with van der Waals surface area (Å²) in [5.74, 6) is 0.0423. The molecule has 104 valence electrons. The fraction of sp³-hybridized carbons (Fsp3) is 0.235. The summed E-state index contributed by atoms with van der Waals surface area (Å²) in [4.78, 5) is 14.5. The highest BCUT2D eigenvalue weighted by Gasteiger charge is 2.15. The highest BCUT2D eigenvalue weighted by atomic mass is 35.5. The first kappa shape index (κ1) is 14.6. The molecule has 2 aromatic carbocycles. The van der Waals surface area contributed by atoms with Gasteiger partial charge in [0.05, 0.1) is 11.6 Å². The number of benzene rings is 2. The van der Waals surface area contributed by atoms with Crippen LogP contribution in [-0.4, -0.2) is 18.9 Å². The van der Waals surface area contributed by atoms with Crippen LogP contribution in [-0.2, 0) is 0 Å². The van der Waals surface area contributed by atoms with Crippen molar-refractivity contribution < 1.29 is 4.79 Å². The Morgan fingerprint density at radius 1 is 1.10 bits per heavy atom. The highest BCUT2D eigenvalue weighted by Crippen LogP contribution is 2.21. The molecule has 0 heterocycles. The van der Waals surface area contributed by atoms with E-state index in [1.807, 2.05) is 37.3 Å². The molecule has 0 radical (unpaired) electrons. The number of carbonyl (C=O) groups excluding carboxylic acids is 1. The number of rotatable bonds is 5. The SMILES string of the molecule is CCN(CC(=O)c1ccccc1Cl)c1ccccc1C. The molecule has 0 saturated heterocycles. The zero-order valence-corrected chi connectivity index (χ0v) is 12.5. The van der Waals surface area contributed by atoms with Gasteiger partial charge in [-0.05, 0) is 37.6 Å². The summed E-state index contributed by atoms with van der Waals surface area (Å²) in [6.45, 7) is 5.22.